The van der Waals surface area contributed by atoms with Crippen LogP contribution in [0.1, 0.15) is 31.3 Å². The van der Waals surface area contributed by atoms with Crippen LogP contribution < -0.4 is 4.74 Å². The van der Waals surface area contributed by atoms with Gasteiger partial charge in [-0.25, -0.2) is 0 Å². The molecule has 0 amide bonds. The second-order valence-electron chi connectivity index (χ2n) is 4.41. The average Bonchev–Trinajstić information content (AvgIpc) is 2.69. The van der Waals surface area contributed by atoms with Gasteiger partial charge in [-0.1, -0.05) is 12.1 Å². The van der Waals surface area contributed by atoms with Crippen molar-refractivity contribution in [1.82, 2.24) is 0 Å². The molecule has 1 aromatic heterocycles. The minimum atomic E-state index is -0.796. The maximum atomic E-state index is 10.2. The highest BCUT2D eigenvalue weighted by Gasteiger charge is 2.17. The molecule has 1 heterocycles. The number of hydrogen-bond acceptors (Lipinski definition) is 3. The molecular formula is C14H14Br2O3. The Labute approximate surface area is 128 Å². The lowest BCUT2D eigenvalue weighted by molar-refractivity contribution is 0.187. The first kappa shape index (κ1) is 14.6. The molecule has 1 aromatic carbocycles. The Morgan fingerprint density at radius 3 is 2.26 bits per heavy atom. The van der Waals surface area contributed by atoms with Gasteiger partial charge in [0.05, 0.1) is 10.6 Å². The van der Waals surface area contributed by atoms with Gasteiger partial charge in [0.15, 0.2) is 4.67 Å². The maximum Gasteiger partial charge on any atom is 0.183 e. The highest BCUT2D eigenvalue weighted by Crippen LogP contribution is 2.33. The topological polar surface area (TPSA) is 42.6 Å². The Morgan fingerprint density at radius 2 is 1.79 bits per heavy atom. The second kappa shape index (κ2) is 6.11. The van der Waals surface area contributed by atoms with E-state index in [4.69, 9.17) is 9.15 Å². The van der Waals surface area contributed by atoms with Crippen LogP contribution >= 0.6 is 31.9 Å². The smallest absolute Gasteiger partial charge is 0.183 e. The van der Waals surface area contributed by atoms with Crippen LogP contribution in [-0.4, -0.2) is 11.2 Å². The number of aliphatic hydroxyl groups is 1. The van der Waals surface area contributed by atoms with Crippen LogP contribution in [0.3, 0.4) is 0 Å². The van der Waals surface area contributed by atoms with Crippen molar-refractivity contribution < 1.29 is 14.3 Å². The molecule has 1 atom stereocenters. The molecule has 5 heteroatoms. The summed E-state index contributed by atoms with van der Waals surface area (Å²) in [7, 11) is 0. The molecule has 0 saturated carbocycles. The zero-order valence-corrected chi connectivity index (χ0v) is 13.7. The van der Waals surface area contributed by atoms with Gasteiger partial charge in [-0.15, -0.1) is 0 Å². The first-order valence-corrected chi connectivity index (χ1v) is 7.45. The predicted octanol–water partition coefficient (Wildman–Crippen LogP) is 4.67. The number of aliphatic hydroxyl groups excluding tert-OH is 1. The summed E-state index contributed by atoms with van der Waals surface area (Å²) in [5.74, 6) is 1.27. The molecule has 1 N–H and O–H groups in total. The van der Waals surface area contributed by atoms with Crippen molar-refractivity contribution in [2.45, 2.75) is 26.1 Å². The van der Waals surface area contributed by atoms with Crippen molar-refractivity contribution >= 4 is 31.9 Å². The van der Waals surface area contributed by atoms with Gasteiger partial charge >= 0.3 is 0 Å². The summed E-state index contributed by atoms with van der Waals surface area (Å²) >= 11 is 6.57. The molecule has 0 radical (unpaired) electrons. The van der Waals surface area contributed by atoms with Gasteiger partial charge in [-0.2, -0.15) is 0 Å². The minimum Gasteiger partial charge on any atom is -0.491 e. The van der Waals surface area contributed by atoms with Gasteiger partial charge in [-0.05, 0) is 69.5 Å². The van der Waals surface area contributed by atoms with Crippen LogP contribution in [0.15, 0.2) is 43.9 Å². The minimum absolute atomic E-state index is 0.132. The van der Waals surface area contributed by atoms with Crippen molar-refractivity contribution in [1.29, 1.82) is 0 Å². The van der Waals surface area contributed by atoms with Crippen LogP contribution in [0, 0.1) is 0 Å². The number of rotatable bonds is 4. The summed E-state index contributed by atoms with van der Waals surface area (Å²) in [6.45, 7) is 3.95. The van der Waals surface area contributed by atoms with Crippen LogP contribution in [0.2, 0.25) is 0 Å². The van der Waals surface area contributed by atoms with E-state index in [1.807, 2.05) is 38.1 Å². The number of halogens is 2. The molecule has 0 fully saturated rings. The van der Waals surface area contributed by atoms with E-state index in [9.17, 15) is 5.11 Å². The molecule has 2 rings (SSSR count). The van der Waals surface area contributed by atoms with E-state index < -0.39 is 6.10 Å². The van der Waals surface area contributed by atoms with Crippen LogP contribution in [0.25, 0.3) is 0 Å². The van der Waals surface area contributed by atoms with Crippen LogP contribution in [0.4, 0.5) is 0 Å². The van der Waals surface area contributed by atoms with Gasteiger partial charge < -0.3 is 14.3 Å². The van der Waals surface area contributed by atoms with Gasteiger partial charge in [0.1, 0.15) is 17.6 Å². The van der Waals surface area contributed by atoms with Crippen LogP contribution in [0.5, 0.6) is 5.75 Å². The lowest BCUT2D eigenvalue weighted by Gasteiger charge is -2.12. The predicted molar refractivity (Wildman–Crippen MR) is 80.4 cm³/mol. The lowest BCUT2D eigenvalue weighted by Crippen LogP contribution is -2.05. The lowest BCUT2D eigenvalue weighted by atomic mass is 10.1. The largest absolute Gasteiger partial charge is 0.491 e. The van der Waals surface area contributed by atoms with Gasteiger partial charge in [0.25, 0.3) is 0 Å². The summed E-state index contributed by atoms with van der Waals surface area (Å²) in [4.78, 5) is 0. The van der Waals surface area contributed by atoms with Crippen LogP contribution in [-0.2, 0) is 0 Å². The van der Waals surface area contributed by atoms with E-state index in [-0.39, 0.29) is 6.10 Å². The fraction of sp³-hybridized carbons (Fsp3) is 0.286. The summed E-state index contributed by atoms with van der Waals surface area (Å²) < 4.78 is 12.3. The molecule has 19 heavy (non-hydrogen) atoms. The summed E-state index contributed by atoms with van der Waals surface area (Å²) in [5.41, 5.74) is 0.754. The second-order valence-corrected chi connectivity index (χ2v) is 5.98. The molecule has 102 valence electrons. The normalized spacial score (nSPS) is 12.7. The molecule has 2 aromatic rings. The Kier molecular flexibility index (Phi) is 4.71. The molecular weight excluding hydrogens is 376 g/mol. The van der Waals surface area contributed by atoms with Gasteiger partial charge in [0.2, 0.25) is 0 Å². The first-order valence-electron chi connectivity index (χ1n) is 5.87. The number of furan rings is 1. The first-order chi connectivity index (χ1) is 8.97. The molecule has 0 bridgehead atoms. The van der Waals surface area contributed by atoms with Crippen molar-refractivity contribution in [2.75, 3.05) is 0 Å². The summed E-state index contributed by atoms with van der Waals surface area (Å²) in [6, 6.07) is 9.07. The van der Waals surface area contributed by atoms with Gasteiger partial charge in [0, 0.05) is 0 Å². The maximum absolute atomic E-state index is 10.2. The number of hydrogen-bond donors (Lipinski definition) is 1. The van der Waals surface area contributed by atoms with Crippen molar-refractivity contribution in [2.24, 2.45) is 0 Å². The highest BCUT2D eigenvalue weighted by molar-refractivity contribution is 9.13. The zero-order valence-electron chi connectivity index (χ0n) is 10.6. The van der Waals surface area contributed by atoms with Crippen molar-refractivity contribution in [3.63, 3.8) is 0 Å². The molecule has 0 aliphatic carbocycles. The molecule has 1 unspecified atom stereocenters. The standard InChI is InChI=1S/C14H14Br2O3/c1-8(2)18-10-5-3-9(4-6-10)13(17)12-7-11(15)14(16)19-12/h3-8,13,17H,1-2H3. The Morgan fingerprint density at radius 1 is 1.16 bits per heavy atom. The SMILES string of the molecule is CC(C)Oc1ccc(C(O)c2cc(Br)c(Br)o2)cc1. The number of ether oxygens (including phenoxy) is 1. The van der Waals surface area contributed by atoms with Crippen molar-refractivity contribution in [3.8, 4) is 5.75 Å². The van der Waals surface area contributed by atoms with E-state index in [0.717, 1.165) is 15.8 Å². The molecule has 0 spiro atoms. The summed E-state index contributed by atoms with van der Waals surface area (Å²) in [5, 5.41) is 10.2. The Hall–Kier alpha value is -0.780. The van der Waals surface area contributed by atoms with E-state index >= 15 is 0 Å². The fourth-order valence-corrected chi connectivity index (χ4v) is 2.27. The van der Waals surface area contributed by atoms with E-state index in [0.29, 0.717) is 10.4 Å². The quantitative estimate of drug-likeness (QED) is 0.825. The average molecular weight is 390 g/mol. The molecule has 0 saturated heterocycles. The third kappa shape index (κ3) is 3.61. The molecule has 0 aliphatic heterocycles. The summed E-state index contributed by atoms with van der Waals surface area (Å²) in [6.07, 6.45) is -0.663. The Balaban J connectivity index is 2.17. The van der Waals surface area contributed by atoms with E-state index in [2.05, 4.69) is 31.9 Å². The third-order valence-corrected chi connectivity index (χ3v) is 4.21. The fourth-order valence-electron chi connectivity index (χ4n) is 1.66. The third-order valence-electron chi connectivity index (χ3n) is 2.50. The Bertz CT molecular complexity index is 527. The molecule has 0 aliphatic rings. The highest BCUT2D eigenvalue weighted by atomic mass is 79.9. The monoisotopic (exact) mass is 388 g/mol. The number of benzene rings is 1. The zero-order chi connectivity index (χ0) is 14.0. The van der Waals surface area contributed by atoms with E-state index in [1.54, 1.807) is 6.07 Å². The van der Waals surface area contributed by atoms with Crippen molar-refractivity contribution in [3.05, 3.63) is 50.8 Å². The van der Waals surface area contributed by atoms with E-state index in [1.165, 1.54) is 0 Å². The molecule has 3 nitrogen and oxygen atoms in total. The van der Waals surface area contributed by atoms with Gasteiger partial charge in [-0.3, -0.25) is 0 Å².